The minimum Gasteiger partial charge on any atom is -0.389 e. The van der Waals surface area contributed by atoms with E-state index in [0.717, 1.165) is 12.0 Å². The highest BCUT2D eigenvalue weighted by Gasteiger charge is 2.17. The standard InChI is InChI=1S/C13H18N2O3/c1-9(16)10-3-2-4-11(7-10)14-13(17)15-12-5-6-18-8-12/h2-4,7,9,12,16H,5-6,8H2,1H3,(H2,14,15,17). The molecule has 2 rings (SSSR count). The van der Waals surface area contributed by atoms with Crippen LogP contribution in [0, 0.1) is 0 Å². The zero-order valence-corrected chi connectivity index (χ0v) is 10.3. The first-order chi connectivity index (χ1) is 8.65. The molecule has 2 atom stereocenters. The van der Waals surface area contributed by atoms with Crippen LogP contribution in [0.15, 0.2) is 24.3 Å². The smallest absolute Gasteiger partial charge is 0.319 e. The third kappa shape index (κ3) is 3.45. The van der Waals surface area contributed by atoms with Gasteiger partial charge in [-0.1, -0.05) is 12.1 Å². The zero-order valence-electron chi connectivity index (χ0n) is 10.3. The van der Waals surface area contributed by atoms with Crippen LogP contribution >= 0.6 is 0 Å². The third-order valence-electron chi connectivity index (χ3n) is 2.89. The monoisotopic (exact) mass is 250 g/mol. The second-order valence-corrected chi connectivity index (χ2v) is 4.46. The molecule has 0 spiro atoms. The zero-order chi connectivity index (χ0) is 13.0. The number of benzene rings is 1. The quantitative estimate of drug-likeness (QED) is 0.764. The van der Waals surface area contributed by atoms with Crippen molar-refractivity contribution >= 4 is 11.7 Å². The molecule has 1 aromatic carbocycles. The lowest BCUT2D eigenvalue weighted by Crippen LogP contribution is -2.38. The number of nitrogens with one attached hydrogen (secondary N) is 2. The van der Waals surface area contributed by atoms with Crippen LogP contribution < -0.4 is 10.6 Å². The summed E-state index contributed by atoms with van der Waals surface area (Å²) in [6, 6.07) is 7.01. The maximum Gasteiger partial charge on any atom is 0.319 e. The number of hydrogen-bond donors (Lipinski definition) is 3. The van der Waals surface area contributed by atoms with Crippen LogP contribution in [0.5, 0.6) is 0 Å². The average molecular weight is 250 g/mol. The molecule has 5 nitrogen and oxygen atoms in total. The fourth-order valence-corrected chi connectivity index (χ4v) is 1.88. The molecule has 1 saturated heterocycles. The van der Waals surface area contributed by atoms with Gasteiger partial charge in [-0.05, 0) is 31.0 Å². The van der Waals surface area contributed by atoms with Gasteiger partial charge in [0.25, 0.3) is 0 Å². The topological polar surface area (TPSA) is 70.6 Å². The summed E-state index contributed by atoms with van der Waals surface area (Å²) >= 11 is 0. The molecule has 3 N–H and O–H groups in total. The number of carbonyl (C=O) groups excluding carboxylic acids is 1. The molecule has 0 radical (unpaired) electrons. The Labute approximate surface area is 106 Å². The van der Waals surface area contributed by atoms with Crippen molar-refractivity contribution in [2.24, 2.45) is 0 Å². The normalized spacial score (nSPS) is 20.4. The van der Waals surface area contributed by atoms with Gasteiger partial charge in [0.15, 0.2) is 0 Å². The van der Waals surface area contributed by atoms with Crippen LogP contribution in [-0.2, 0) is 4.74 Å². The second kappa shape index (κ2) is 5.84. The minimum absolute atomic E-state index is 0.0879. The van der Waals surface area contributed by atoms with Crippen molar-refractivity contribution in [3.63, 3.8) is 0 Å². The summed E-state index contributed by atoms with van der Waals surface area (Å²) in [4.78, 5) is 11.7. The maximum absolute atomic E-state index is 11.7. The minimum atomic E-state index is -0.543. The molecule has 0 aromatic heterocycles. The lowest BCUT2D eigenvalue weighted by Gasteiger charge is -2.13. The number of rotatable bonds is 3. The molecule has 1 aliphatic heterocycles. The van der Waals surface area contributed by atoms with Gasteiger partial charge in [-0.3, -0.25) is 0 Å². The predicted octanol–water partition coefficient (Wildman–Crippen LogP) is 1.65. The van der Waals surface area contributed by atoms with Gasteiger partial charge < -0.3 is 20.5 Å². The molecule has 0 bridgehead atoms. The van der Waals surface area contributed by atoms with Crippen molar-refractivity contribution in [1.82, 2.24) is 5.32 Å². The number of carbonyl (C=O) groups is 1. The van der Waals surface area contributed by atoms with Crippen molar-refractivity contribution < 1.29 is 14.6 Å². The molecule has 0 saturated carbocycles. The van der Waals surface area contributed by atoms with Gasteiger partial charge in [0.1, 0.15) is 0 Å². The van der Waals surface area contributed by atoms with E-state index in [4.69, 9.17) is 4.74 Å². The van der Waals surface area contributed by atoms with Crippen molar-refractivity contribution in [2.75, 3.05) is 18.5 Å². The molecule has 5 heteroatoms. The van der Waals surface area contributed by atoms with E-state index in [0.29, 0.717) is 18.9 Å². The molecule has 18 heavy (non-hydrogen) atoms. The number of hydrogen-bond acceptors (Lipinski definition) is 3. The molecule has 1 aliphatic rings. The lowest BCUT2D eigenvalue weighted by molar-refractivity contribution is 0.189. The molecule has 2 unspecified atom stereocenters. The highest BCUT2D eigenvalue weighted by Crippen LogP contribution is 2.17. The summed E-state index contributed by atoms with van der Waals surface area (Å²) < 4.78 is 5.18. The molecular weight excluding hydrogens is 232 g/mol. The van der Waals surface area contributed by atoms with Gasteiger partial charge in [0.2, 0.25) is 0 Å². The van der Waals surface area contributed by atoms with Gasteiger partial charge in [-0.25, -0.2) is 4.79 Å². The Morgan fingerprint density at radius 3 is 3.06 bits per heavy atom. The van der Waals surface area contributed by atoms with E-state index in [1.807, 2.05) is 6.07 Å². The Hall–Kier alpha value is -1.59. The molecule has 98 valence electrons. The van der Waals surface area contributed by atoms with Crippen molar-refractivity contribution in [1.29, 1.82) is 0 Å². The van der Waals surface area contributed by atoms with Gasteiger partial charge in [-0.2, -0.15) is 0 Å². The van der Waals surface area contributed by atoms with E-state index in [2.05, 4.69) is 10.6 Å². The molecule has 1 fully saturated rings. The van der Waals surface area contributed by atoms with Crippen molar-refractivity contribution in [2.45, 2.75) is 25.5 Å². The molecule has 0 aliphatic carbocycles. The van der Waals surface area contributed by atoms with Crippen LogP contribution in [0.2, 0.25) is 0 Å². The van der Waals surface area contributed by atoms with Gasteiger partial charge >= 0.3 is 6.03 Å². The summed E-state index contributed by atoms with van der Waals surface area (Å²) in [5.74, 6) is 0. The molecule has 1 heterocycles. The fraction of sp³-hybridized carbons (Fsp3) is 0.462. The Kier molecular flexibility index (Phi) is 4.17. The van der Waals surface area contributed by atoms with Crippen molar-refractivity contribution in [3.8, 4) is 0 Å². The van der Waals surface area contributed by atoms with E-state index in [-0.39, 0.29) is 12.1 Å². The highest BCUT2D eigenvalue weighted by molar-refractivity contribution is 5.89. The SMILES string of the molecule is CC(O)c1cccc(NC(=O)NC2CCOC2)c1. The molecule has 2 amide bonds. The summed E-state index contributed by atoms with van der Waals surface area (Å²) in [6.45, 7) is 2.96. The van der Waals surface area contributed by atoms with E-state index < -0.39 is 6.10 Å². The Morgan fingerprint density at radius 2 is 2.39 bits per heavy atom. The number of aliphatic hydroxyl groups is 1. The molecule has 1 aromatic rings. The first kappa shape index (κ1) is 12.9. The Bertz CT molecular complexity index is 414. The number of anilines is 1. The van der Waals surface area contributed by atoms with Crippen LogP contribution in [0.1, 0.15) is 25.0 Å². The summed E-state index contributed by atoms with van der Waals surface area (Å²) in [5.41, 5.74) is 1.45. The lowest BCUT2D eigenvalue weighted by atomic mass is 10.1. The van der Waals surface area contributed by atoms with Gasteiger partial charge in [0, 0.05) is 12.3 Å². The number of aliphatic hydroxyl groups excluding tert-OH is 1. The fourth-order valence-electron chi connectivity index (χ4n) is 1.88. The second-order valence-electron chi connectivity index (χ2n) is 4.46. The largest absolute Gasteiger partial charge is 0.389 e. The van der Waals surface area contributed by atoms with E-state index in [1.165, 1.54) is 0 Å². The molecular formula is C13H18N2O3. The first-order valence-corrected chi connectivity index (χ1v) is 6.08. The Morgan fingerprint density at radius 1 is 1.56 bits per heavy atom. The van der Waals surface area contributed by atoms with Crippen LogP contribution in [-0.4, -0.2) is 30.4 Å². The van der Waals surface area contributed by atoms with E-state index in [9.17, 15) is 9.90 Å². The number of urea groups is 1. The first-order valence-electron chi connectivity index (χ1n) is 6.08. The number of amides is 2. The van der Waals surface area contributed by atoms with E-state index >= 15 is 0 Å². The third-order valence-corrected chi connectivity index (χ3v) is 2.89. The summed E-state index contributed by atoms with van der Waals surface area (Å²) in [6.07, 6.45) is 0.305. The van der Waals surface area contributed by atoms with E-state index in [1.54, 1.807) is 25.1 Å². The summed E-state index contributed by atoms with van der Waals surface area (Å²) in [5, 5.41) is 15.1. The van der Waals surface area contributed by atoms with Crippen LogP contribution in [0.3, 0.4) is 0 Å². The maximum atomic E-state index is 11.7. The number of ether oxygens (including phenoxy) is 1. The summed E-state index contributed by atoms with van der Waals surface area (Å²) in [7, 11) is 0. The van der Waals surface area contributed by atoms with Crippen molar-refractivity contribution in [3.05, 3.63) is 29.8 Å². The van der Waals surface area contributed by atoms with Crippen LogP contribution in [0.4, 0.5) is 10.5 Å². The average Bonchev–Trinajstić information content (AvgIpc) is 2.82. The van der Waals surface area contributed by atoms with Gasteiger partial charge in [0.05, 0.1) is 18.8 Å². The van der Waals surface area contributed by atoms with Crippen LogP contribution in [0.25, 0.3) is 0 Å². The Balaban J connectivity index is 1.91. The highest BCUT2D eigenvalue weighted by atomic mass is 16.5. The predicted molar refractivity (Wildman–Crippen MR) is 68.5 cm³/mol. The van der Waals surface area contributed by atoms with Gasteiger partial charge in [-0.15, -0.1) is 0 Å².